The molecule has 0 bridgehead atoms. The topological polar surface area (TPSA) is 99.1 Å². The van der Waals surface area contributed by atoms with Crippen molar-refractivity contribution in [3.05, 3.63) is 29.8 Å². The Morgan fingerprint density at radius 2 is 1.91 bits per heavy atom. The average molecular weight is 308 g/mol. The summed E-state index contributed by atoms with van der Waals surface area (Å²) in [6.07, 6.45) is -1.05. The van der Waals surface area contributed by atoms with E-state index >= 15 is 0 Å². The van der Waals surface area contributed by atoms with Crippen LogP contribution in [0, 0.1) is 0 Å². The molecule has 2 amide bonds. The average Bonchev–Trinajstić information content (AvgIpc) is 2.52. The third-order valence-electron chi connectivity index (χ3n) is 3.51. The van der Waals surface area contributed by atoms with E-state index in [0.29, 0.717) is 26.3 Å². The third kappa shape index (κ3) is 3.75. The van der Waals surface area contributed by atoms with E-state index in [9.17, 15) is 19.8 Å². The summed E-state index contributed by atoms with van der Waals surface area (Å²) in [5.41, 5.74) is 0.0583. The molecular weight excluding hydrogens is 288 g/mol. The zero-order valence-electron chi connectivity index (χ0n) is 12.4. The number of ether oxygens (including phenoxy) is 1. The standard InChI is InChI=1S/C15H20N2O5/c1-10(18)13(15(21)17-6-8-22-9-7-17)16-14(20)11-4-2-3-5-12(11)19/h2-5,10,13,18-19H,6-9H2,1H3,(H,16,20)/t10-,13+/m1/s1. The van der Waals surface area contributed by atoms with Crippen LogP contribution in [-0.4, -0.2) is 65.4 Å². The molecule has 1 saturated heterocycles. The summed E-state index contributed by atoms with van der Waals surface area (Å²) in [7, 11) is 0. The molecule has 2 rings (SSSR count). The van der Waals surface area contributed by atoms with E-state index in [4.69, 9.17) is 4.74 Å². The molecule has 0 aromatic heterocycles. The highest BCUT2D eigenvalue weighted by atomic mass is 16.5. The van der Waals surface area contributed by atoms with Crippen LogP contribution in [0.5, 0.6) is 5.75 Å². The minimum atomic E-state index is -1.06. The number of benzene rings is 1. The Morgan fingerprint density at radius 1 is 1.27 bits per heavy atom. The maximum absolute atomic E-state index is 12.4. The molecule has 2 atom stereocenters. The van der Waals surface area contributed by atoms with Gasteiger partial charge in [0.1, 0.15) is 11.8 Å². The van der Waals surface area contributed by atoms with Crippen LogP contribution in [0.3, 0.4) is 0 Å². The number of morpholine rings is 1. The summed E-state index contributed by atoms with van der Waals surface area (Å²) >= 11 is 0. The van der Waals surface area contributed by atoms with Crippen molar-refractivity contribution in [2.24, 2.45) is 0 Å². The third-order valence-corrected chi connectivity index (χ3v) is 3.51. The molecule has 0 aliphatic carbocycles. The van der Waals surface area contributed by atoms with E-state index in [-0.39, 0.29) is 17.2 Å². The Morgan fingerprint density at radius 3 is 2.50 bits per heavy atom. The number of aromatic hydroxyl groups is 1. The number of amides is 2. The molecule has 0 radical (unpaired) electrons. The molecule has 3 N–H and O–H groups in total. The van der Waals surface area contributed by atoms with Crippen LogP contribution in [0.2, 0.25) is 0 Å². The van der Waals surface area contributed by atoms with Crippen LogP contribution in [0.25, 0.3) is 0 Å². The molecule has 0 saturated carbocycles. The Balaban J connectivity index is 2.10. The van der Waals surface area contributed by atoms with Crippen molar-refractivity contribution in [3.8, 4) is 5.75 Å². The number of phenols is 1. The molecule has 0 spiro atoms. The van der Waals surface area contributed by atoms with Crippen LogP contribution in [-0.2, 0) is 9.53 Å². The Labute approximate surface area is 128 Å². The molecule has 1 aliphatic rings. The summed E-state index contributed by atoms with van der Waals surface area (Å²) in [6.45, 7) is 3.16. The predicted octanol–water partition coefficient (Wildman–Crippen LogP) is -0.270. The molecule has 22 heavy (non-hydrogen) atoms. The van der Waals surface area contributed by atoms with Gasteiger partial charge in [0.2, 0.25) is 5.91 Å². The maximum atomic E-state index is 12.4. The molecule has 1 heterocycles. The minimum Gasteiger partial charge on any atom is -0.507 e. The van der Waals surface area contributed by atoms with Crippen LogP contribution in [0.1, 0.15) is 17.3 Å². The van der Waals surface area contributed by atoms with Gasteiger partial charge in [-0.15, -0.1) is 0 Å². The summed E-state index contributed by atoms with van der Waals surface area (Å²) in [5.74, 6) is -1.14. The van der Waals surface area contributed by atoms with Crippen molar-refractivity contribution in [1.29, 1.82) is 0 Å². The van der Waals surface area contributed by atoms with E-state index in [1.807, 2.05) is 0 Å². The van der Waals surface area contributed by atoms with E-state index in [0.717, 1.165) is 0 Å². The van der Waals surface area contributed by atoms with E-state index < -0.39 is 18.1 Å². The number of para-hydroxylation sites is 1. The van der Waals surface area contributed by atoms with E-state index in [1.165, 1.54) is 19.1 Å². The number of aliphatic hydroxyl groups excluding tert-OH is 1. The molecule has 1 aromatic carbocycles. The zero-order valence-corrected chi connectivity index (χ0v) is 12.4. The number of hydrogen-bond donors (Lipinski definition) is 3. The van der Waals surface area contributed by atoms with Gasteiger partial charge in [0.25, 0.3) is 5.91 Å². The second kappa shape index (κ2) is 7.24. The Kier molecular flexibility index (Phi) is 5.35. The fourth-order valence-electron chi connectivity index (χ4n) is 2.25. The van der Waals surface area contributed by atoms with Gasteiger partial charge >= 0.3 is 0 Å². The molecule has 120 valence electrons. The van der Waals surface area contributed by atoms with Crippen LogP contribution >= 0.6 is 0 Å². The van der Waals surface area contributed by atoms with Crippen molar-refractivity contribution in [3.63, 3.8) is 0 Å². The SMILES string of the molecule is C[C@@H](O)[C@H](NC(=O)c1ccccc1O)C(=O)N1CCOCC1. The van der Waals surface area contributed by atoms with Gasteiger partial charge in [0.05, 0.1) is 24.9 Å². The van der Waals surface area contributed by atoms with Gasteiger partial charge < -0.3 is 25.2 Å². The lowest BCUT2D eigenvalue weighted by Crippen LogP contribution is -2.55. The largest absolute Gasteiger partial charge is 0.507 e. The number of aliphatic hydroxyl groups is 1. The van der Waals surface area contributed by atoms with E-state index in [2.05, 4.69) is 5.32 Å². The second-order valence-corrected chi connectivity index (χ2v) is 5.15. The molecule has 1 aliphatic heterocycles. The summed E-state index contributed by atoms with van der Waals surface area (Å²) < 4.78 is 5.18. The smallest absolute Gasteiger partial charge is 0.255 e. The Hall–Kier alpha value is -2.12. The van der Waals surface area contributed by atoms with Gasteiger partial charge in [0.15, 0.2) is 0 Å². The molecule has 7 nitrogen and oxygen atoms in total. The maximum Gasteiger partial charge on any atom is 0.255 e. The van der Waals surface area contributed by atoms with Crippen molar-refractivity contribution < 1.29 is 24.5 Å². The van der Waals surface area contributed by atoms with Crippen molar-refractivity contribution in [2.75, 3.05) is 26.3 Å². The van der Waals surface area contributed by atoms with Gasteiger partial charge in [-0.25, -0.2) is 0 Å². The van der Waals surface area contributed by atoms with E-state index in [1.54, 1.807) is 17.0 Å². The molecular formula is C15H20N2O5. The van der Waals surface area contributed by atoms with Crippen molar-refractivity contribution >= 4 is 11.8 Å². The Bertz CT molecular complexity index is 540. The summed E-state index contributed by atoms with van der Waals surface area (Å²) in [4.78, 5) is 26.2. The monoisotopic (exact) mass is 308 g/mol. The molecule has 1 aromatic rings. The number of carbonyl (C=O) groups is 2. The lowest BCUT2D eigenvalue weighted by atomic mass is 10.1. The zero-order chi connectivity index (χ0) is 16.1. The van der Waals surface area contributed by atoms with Gasteiger partial charge in [-0.1, -0.05) is 12.1 Å². The lowest BCUT2D eigenvalue weighted by molar-refractivity contribution is -0.139. The number of nitrogens with one attached hydrogen (secondary N) is 1. The highest BCUT2D eigenvalue weighted by Crippen LogP contribution is 2.16. The van der Waals surface area contributed by atoms with Crippen molar-refractivity contribution in [2.45, 2.75) is 19.1 Å². The van der Waals surface area contributed by atoms with Gasteiger partial charge in [0, 0.05) is 13.1 Å². The first-order valence-electron chi connectivity index (χ1n) is 7.14. The molecule has 7 heteroatoms. The number of hydrogen-bond acceptors (Lipinski definition) is 5. The fourth-order valence-corrected chi connectivity index (χ4v) is 2.25. The molecule has 1 fully saturated rings. The first-order valence-corrected chi connectivity index (χ1v) is 7.14. The number of rotatable bonds is 4. The van der Waals surface area contributed by atoms with Gasteiger partial charge in [-0.2, -0.15) is 0 Å². The highest BCUT2D eigenvalue weighted by Gasteiger charge is 2.31. The quantitative estimate of drug-likeness (QED) is 0.711. The fraction of sp³-hybridized carbons (Fsp3) is 0.467. The lowest BCUT2D eigenvalue weighted by Gasteiger charge is -2.31. The first-order chi connectivity index (χ1) is 10.5. The van der Waals surface area contributed by atoms with Crippen LogP contribution in [0.15, 0.2) is 24.3 Å². The van der Waals surface area contributed by atoms with Crippen LogP contribution < -0.4 is 5.32 Å². The second-order valence-electron chi connectivity index (χ2n) is 5.15. The number of carbonyl (C=O) groups excluding carboxylic acids is 2. The number of nitrogens with zero attached hydrogens (tertiary/aromatic N) is 1. The first kappa shape index (κ1) is 16.3. The summed E-state index contributed by atoms with van der Waals surface area (Å²) in [5, 5.41) is 22.0. The summed E-state index contributed by atoms with van der Waals surface area (Å²) in [6, 6.07) is 4.97. The molecule has 0 unspecified atom stereocenters. The highest BCUT2D eigenvalue weighted by molar-refractivity contribution is 5.99. The van der Waals surface area contributed by atoms with Crippen LogP contribution in [0.4, 0.5) is 0 Å². The van der Waals surface area contributed by atoms with Gasteiger partial charge in [-0.3, -0.25) is 9.59 Å². The minimum absolute atomic E-state index is 0.0583. The van der Waals surface area contributed by atoms with Crippen molar-refractivity contribution in [1.82, 2.24) is 10.2 Å². The normalized spacial score (nSPS) is 17.6. The predicted molar refractivity (Wildman–Crippen MR) is 78.4 cm³/mol. The van der Waals surface area contributed by atoms with Gasteiger partial charge in [-0.05, 0) is 19.1 Å². The number of phenolic OH excluding ortho intramolecular Hbond substituents is 1.